The average Bonchev–Trinajstić information content (AvgIpc) is 2.52. The molecule has 0 N–H and O–H groups in total. The van der Waals surface area contributed by atoms with Crippen molar-refractivity contribution in [2.75, 3.05) is 18.0 Å². The molecule has 0 bridgehead atoms. The number of anilines is 1. The van der Waals surface area contributed by atoms with Gasteiger partial charge in [-0.15, -0.1) is 11.6 Å². The SMILES string of the molecule is CC1CN(c2ccn(C)c(=O)c2)CC1Cl. The van der Waals surface area contributed by atoms with Gasteiger partial charge in [0.25, 0.3) is 5.56 Å². The van der Waals surface area contributed by atoms with E-state index in [4.69, 9.17) is 11.6 Å². The van der Waals surface area contributed by atoms with Gasteiger partial charge in [-0.1, -0.05) is 6.92 Å². The molecule has 3 nitrogen and oxygen atoms in total. The zero-order valence-electron chi connectivity index (χ0n) is 8.98. The molecule has 0 radical (unpaired) electrons. The normalized spacial score (nSPS) is 25.9. The van der Waals surface area contributed by atoms with E-state index in [1.54, 1.807) is 23.9 Å². The fourth-order valence-electron chi connectivity index (χ4n) is 1.87. The molecule has 0 amide bonds. The van der Waals surface area contributed by atoms with Crippen molar-refractivity contribution in [3.05, 3.63) is 28.7 Å². The van der Waals surface area contributed by atoms with E-state index in [1.165, 1.54) is 0 Å². The van der Waals surface area contributed by atoms with Crippen molar-refractivity contribution in [1.82, 2.24) is 4.57 Å². The third-order valence-corrected chi connectivity index (χ3v) is 3.54. The summed E-state index contributed by atoms with van der Waals surface area (Å²) in [6.45, 7) is 3.90. The van der Waals surface area contributed by atoms with Crippen LogP contribution in [-0.2, 0) is 7.05 Å². The summed E-state index contributed by atoms with van der Waals surface area (Å²) in [5.74, 6) is 0.482. The van der Waals surface area contributed by atoms with Gasteiger partial charge in [0, 0.05) is 38.1 Å². The van der Waals surface area contributed by atoms with Crippen molar-refractivity contribution < 1.29 is 0 Å². The maximum Gasteiger partial charge on any atom is 0.252 e. The molecule has 2 rings (SSSR count). The number of hydrogen-bond acceptors (Lipinski definition) is 2. The van der Waals surface area contributed by atoms with E-state index in [2.05, 4.69) is 11.8 Å². The number of nitrogens with zero attached hydrogens (tertiary/aromatic N) is 2. The molecular weight excluding hydrogens is 212 g/mol. The summed E-state index contributed by atoms with van der Waals surface area (Å²) in [6.07, 6.45) is 1.80. The van der Waals surface area contributed by atoms with Crippen molar-refractivity contribution in [2.24, 2.45) is 13.0 Å². The van der Waals surface area contributed by atoms with Crippen LogP contribution in [0.15, 0.2) is 23.1 Å². The number of hydrogen-bond donors (Lipinski definition) is 0. The number of alkyl halides is 1. The first-order valence-electron chi connectivity index (χ1n) is 5.13. The van der Waals surface area contributed by atoms with E-state index in [0.29, 0.717) is 5.92 Å². The van der Waals surface area contributed by atoms with E-state index in [-0.39, 0.29) is 10.9 Å². The van der Waals surface area contributed by atoms with Gasteiger partial charge in [0.1, 0.15) is 0 Å². The summed E-state index contributed by atoms with van der Waals surface area (Å²) in [6, 6.07) is 3.63. The molecule has 0 saturated carbocycles. The quantitative estimate of drug-likeness (QED) is 0.678. The molecule has 2 atom stereocenters. The Bertz CT molecular complexity index is 405. The van der Waals surface area contributed by atoms with Gasteiger partial charge in [-0.25, -0.2) is 0 Å². The van der Waals surface area contributed by atoms with E-state index in [1.807, 2.05) is 6.07 Å². The first kappa shape index (κ1) is 10.6. The standard InChI is InChI=1S/C11H15ClN2O/c1-8-6-14(7-10(8)12)9-3-4-13(2)11(15)5-9/h3-5,8,10H,6-7H2,1-2H3. The summed E-state index contributed by atoms with van der Waals surface area (Å²) in [5, 5.41) is 0.189. The highest BCUT2D eigenvalue weighted by atomic mass is 35.5. The molecule has 0 spiro atoms. The number of pyridine rings is 1. The average molecular weight is 227 g/mol. The molecule has 0 aromatic carbocycles. The predicted molar refractivity (Wildman–Crippen MR) is 62.7 cm³/mol. The maximum atomic E-state index is 11.5. The van der Waals surface area contributed by atoms with E-state index in [0.717, 1.165) is 18.8 Å². The first-order valence-corrected chi connectivity index (χ1v) is 5.57. The molecule has 15 heavy (non-hydrogen) atoms. The minimum Gasteiger partial charge on any atom is -0.370 e. The molecule has 1 aromatic rings. The van der Waals surface area contributed by atoms with Crippen molar-refractivity contribution in [2.45, 2.75) is 12.3 Å². The summed E-state index contributed by atoms with van der Waals surface area (Å²) in [7, 11) is 1.75. The Morgan fingerprint density at radius 2 is 2.20 bits per heavy atom. The third-order valence-electron chi connectivity index (χ3n) is 2.97. The summed E-state index contributed by atoms with van der Waals surface area (Å²) < 4.78 is 1.57. The molecule has 82 valence electrons. The largest absolute Gasteiger partial charge is 0.370 e. The number of halogens is 1. The van der Waals surface area contributed by atoms with Crippen molar-refractivity contribution >= 4 is 17.3 Å². The number of aryl methyl sites for hydroxylation is 1. The highest BCUT2D eigenvalue weighted by Crippen LogP contribution is 2.25. The van der Waals surface area contributed by atoms with Gasteiger partial charge in [0.05, 0.1) is 5.38 Å². The molecule has 1 aliphatic heterocycles. The lowest BCUT2D eigenvalue weighted by Gasteiger charge is -2.17. The molecule has 1 aliphatic rings. The van der Waals surface area contributed by atoms with Crippen LogP contribution in [0.5, 0.6) is 0 Å². The van der Waals surface area contributed by atoms with Crippen LogP contribution in [0.3, 0.4) is 0 Å². The monoisotopic (exact) mass is 226 g/mol. The maximum absolute atomic E-state index is 11.5. The van der Waals surface area contributed by atoms with Crippen LogP contribution in [0.4, 0.5) is 5.69 Å². The zero-order valence-corrected chi connectivity index (χ0v) is 9.74. The van der Waals surface area contributed by atoms with Gasteiger partial charge in [-0.3, -0.25) is 4.79 Å². The summed E-state index contributed by atoms with van der Waals surface area (Å²) in [4.78, 5) is 13.6. The molecule has 1 saturated heterocycles. The second kappa shape index (κ2) is 3.89. The van der Waals surface area contributed by atoms with Crippen LogP contribution in [0.25, 0.3) is 0 Å². The van der Waals surface area contributed by atoms with Crippen LogP contribution in [0, 0.1) is 5.92 Å². The fraction of sp³-hybridized carbons (Fsp3) is 0.545. The minimum atomic E-state index is 0.0261. The Balaban J connectivity index is 2.24. The summed E-state index contributed by atoms with van der Waals surface area (Å²) >= 11 is 6.15. The van der Waals surface area contributed by atoms with E-state index < -0.39 is 0 Å². The van der Waals surface area contributed by atoms with Crippen molar-refractivity contribution in [3.63, 3.8) is 0 Å². The molecule has 2 unspecified atom stereocenters. The van der Waals surface area contributed by atoms with Gasteiger partial charge in [0.2, 0.25) is 0 Å². The Kier molecular flexibility index (Phi) is 2.74. The molecule has 2 heterocycles. The summed E-state index contributed by atoms with van der Waals surface area (Å²) in [5.41, 5.74) is 1.01. The van der Waals surface area contributed by atoms with E-state index in [9.17, 15) is 4.79 Å². The van der Waals surface area contributed by atoms with Gasteiger partial charge in [0.15, 0.2) is 0 Å². The van der Waals surface area contributed by atoms with Crippen molar-refractivity contribution in [3.8, 4) is 0 Å². The predicted octanol–water partition coefficient (Wildman–Crippen LogP) is 1.45. The van der Waals surface area contributed by atoms with Crippen LogP contribution in [-0.4, -0.2) is 23.0 Å². The van der Waals surface area contributed by atoms with Crippen LogP contribution in [0.1, 0.15) is 6.92 Å². The van der Waals surface area contributed by atoms with E-state index >= 15 is 0 Å². The van der Waals surface area contributed by atoms with Gasteiger partial charge >= 0.3 is 0 Å². The molecule has 4 heteroatoms. The Hall–Kier alpha value is -0.960. The highest BCUT2D eigenvalue weighted by Gasteiger charge is 2.27. The second-order valence-electron chi connectivity index (χ2n) is 4.23. The van der Waals surface area contributed by atoms with Gasteiger partial charge in [-0.2, -0.15) is 0 Å². The lowest BCUT2D eigenvalue weighted by atomic mass is 10.2. The highest BCUT2D eigenvalue weighted by molar-refractivity contribution is 6.21. The molecule has 0 aliphatic carbocycles. The molecule has 1 aromatic heterocycles. The van der Waals surface area contributed by atoms with Gasteiger partial charge in [-0.05, 0) is 12.0 Å². The minimum absolute atomic E-state index is 0.0261. The lowest BCUT2D eigenvalue weighted by molar-refractivity contribution is 0.666. The van der Waals surface area contributed by atoms with Crippen LogP contribution < -0.4 is 10.5 Å². The third kappa shape index (κ3) is 2.02. The zero-order chi connectivity index (χ0) is 11.0. The smallest absolute Gasteiger partial charge is 0.252 e. The molecular formula is C11H15ClN2O. The first-order chi connectivity index (χ1) is 7.08. The Labute approximate surface area is 94.3 Å². The topological polar surface area (TPSA) is 25.2 Å². The van der Waals surface area contributed by atoms with Crippen molar-refractivity contribution in [1.29, 1.82) is 0 Å². The molecule has 1 fully saturated rings. The number of rotatable bonds is 1. The Morgan fingerprint density at radius 3 is 2.73 bits per heavy atom. The fourth-order valence-corrected chi connectivity index (χ4v) is 2.12. The second-order valence-corrected chi connectivity index (χ2v) is 4.79. The van der Waals surface area contributed by atoms with Crippen LogP contribution >= 0.6 is 11.6 Å². The number of aromatic nitrogens is 1. The Morgan fingerprint density at radius 1 is 1.47 bits per heavy atom. The lowest BCUT2D eigenvalue weighted by Crippen LogP contribution is -2.23. The van der Waals surface area contributed by atoms with Gasteiger partial charge < -0.3 is 9.47 Å². The van der Waals surface area contributed by atoms with Crippen LogP contribution in [0.2, 0.25) is 0 Å².